The molecule has 1 N–H and O–H groups in total. The molecule has 368 valence electrons. The first-order chi connectivity index (χ1) is 36.3. The minimum absolute atomic E-state index is 0.0639. The number of aromatic hydroxyl groups is 1. The number of hydrogen-bond donors (Lipinski definition) is 1. The molecule has 75 heavy (non-hydrogen) atoms. The van der Waals surface area contributed by atoms with Gasteiger partial charge < -0.3 is 19.3 Å². The fourth-order valence-corrected chi connectivity index (χ4v) is 11.3. The van der Waals surface area contributed by atoms with Gasteiger partial charge in [0.05, 0.1) is 33.6 Å². The van der Waals surface area contributed by atoms with Gasteiger partial charge in [0.1, 0.15) is 40.2 Å². The van der Waals surface area contributed by atoms with Crippen molar-refractivity contribution < 1.29 is 38.5 Å². The maximum Gasteiger partial charge on any atom is 0.266 e. The Balaban J connectivity index is 1.28. The molecule has 10 heteroatoms. The number of benzene rings is 10. The SMILES string of the molecule is C=Cc1cccc(C(C)C)c1N1C(=O)c2cc(Oc3ccccc3)c3c4c(O)cc5c6c(cc(Oc7ccccc7)c(c7c(Oc8ccccc8)cc(c2c37)C1=O)c64)C(=O)N(c1c(C(C)C)cccc1C(C)C)C5=O. The molecule has 10 nitrogen and oxygen atoms in total. The summed E-state index contributed by atoms with van der Waals surface area (Å²) in [5.41, 5.74) is 4.47. The molecule has 0 radical (unpaired) electrons. The Kier molecular flexibility index (Phi) is 11.1. The van der Waals surface area contributed by atoms with Crippen molar-refractivity contribution in [1.82, 2.24) is 0 Å². The molecule has 0 fully saturated rings. The Morgan fingerprint density at radius 1 is 0.400 bits per heavy atom. The predicted octanol–water partition coefficient (Wildman–Crippen LogP) is 16.4. The van der Waals surface area contributed by atoms with Crippen molar-refractivity contribution in [3.8, 4) is 40.2 Å². The second-order valence-corrected chi connectivity index (χ2v) is 20.1. The number of phenols is 1. The van der Waals surface area contributed by atoms with Gasteiger partial charge in [-0.15, -0.1) is 0 Å². The summed E-state index contributed by atoms with van der Waals surface area (Å²) in [5, 5.41) is 15.5. The lowest BCUT2D eigenvalue weighted by molar-refractivity contribution is 0.0877. The molecular formula is C65H50N2O8. The first-order valence-electron chi connectivity index (χ1n) is 25.2. The fraction of sp³-hybridized carbons (Fsp3) is 0.138. The zero-order valence-corrected chi connectivity index (χ0v) is 42.1. The Labute approximate surface area is 432 Å². The van der Waals surface area contributed by atoms with Gasteiger partial charge in [-0.05, 0) is 101 Å². The summed E-state index contributed by atoms with van der Waals surface area (Å²) in [7, 11) is 0. The average molecular weight is 987 g/mol. The normalized spacial score (nSPS) is 13.5. The third-order valence-electron chi connectivity index (χ3n) is 14.6. The Morgan fingerprint density at radius 2 is 0.733 bits per heavy atom. The van der Waals surface area contributed by atoms with Crippen LogP contribution in [0.4, 0.5) is 11.4 Å². The van der Waals surface area contributed by atoms with Gasteiger partial charge in [0.2, 0.25) is 0 Å². The lowest BCUT2D eigenvalue weighted by Crippen LogP contribution is -2.42. The van der Waals surface area contributed by atoms with Crippen LogP contribution in [0, 0.1) is 0 Å². The number of nitrogens with zero attached hydrogens (tertiary/aromatic N) is 2. The number of carbonyl (C=O) groups excluding carboxylic acids is 4. The standard InChI is InChI=1S/C65H50N2O8/c1-8-37-20-18-27-41(34(2)3)60(37)66-63(70)46-31-49(73-38-21-12-9-13-22-38)55-54-48(68)30-44-52-45(65(72)67(62(44)69)61-42(35(4)5)28-19-29-43(61)36(6)7)32-50(74-39-23-14-10-15-24-39)56(58(52)54)57-51(75-40-25-16-11-17-26-40)33-47(64(66)71)53(46)59(55)57/h8-36,68H,1H2,2-7H3. The van der Waals surface area contributed by atoms with Crippen LogP contribution in [0.5, 0.6) is 40.2 Å². The number of rotatable bonds is 12. The van der Waals surface area contributed by atoms with Crippen molar-refractivity contribution in [2.75, 3.05) is 9.80 Å². The van der Waals surface area contributed by atoms with E-state index in [9.17, 15) is 5.11 Å². The first kappa shape index (κ1) is 46.8. The maximum absolute atomic E-state index is 15.8. The number of carbonyl (C=O) groups is 4. The van der Waals surface area contributed by atoms with Crippen LogP contribution in [-0.4, -0.2) is 28.7 Å². The van der Waals surface area contributed by atoms with Gasteiger partial charge >= 0.3 is 0 Å². The van der Waals surface area contributed by atoms with E-state index >= 15 is 19.2 Å². The van der Waals surface area contributed by atoms with E-state index in [0.717, 1.165) is 16.7 Å². The van der Waals surface area contributed by atoms with E-state index in [2.05, 4.69) is 6.58 Å². The lowest BCUT2D eigenvalue weighted by atomic mass is 9.80. The van der Waals surface area contributed by atoms with E-state index in [1.165, 1.54) is 15.9 Å². The second-order valence-electron chi connectivity index (χ2n) is 20.1. The van der Waals surface area contributed by atoms with E-state index in [1.54, 1.807) is 60.7 Å². The van der Waals surface area contributed by atoms with E-state index in [0.29, 0.717) is 66.5 Å². The molecule has 0 bridgehead atoms. The number of ether oxygens (including phenoxy) is 3. The molecule has 10 aromatic rings. The van der Waals surface area contributed by atoms with E-state index in [4.69, 9.17) is 14.2 Å². The largest absolute Gasteiger partial charge is 0.507 e. The summed E-state index contributed by atoms with van der Waals surface area (Å²) < 4.78 is 20.9. The molecule has 2 aliphatic rings. The third-order valence-corrected chi connectivity index (χ3v) is 14.6. The number of fused-ring (bicyclic) bond motifs is 2. The van der Waals surface area contributed by atoms with Gasteiger partial charge in [-0.3, -0.25) is 19.2 Å². The maximum atomic E-state index is 15.8. The highest BCUT2D eigenvalue weighted by Gasteiger charge is 2.43. The number of amides is 4. The molecule has 0 aliphatic carbocycles. The summed E-state index contributed by atoms with van der Waals surface area (Å²) in [5.74, 6) is -1.09. The highest BCUT2D eigenvalue weighted by Crippen LogP contribution is 2.58. The molecule has 0 saturated heterocycles. The van der Waals surface area contributed by atoms with Crippen molar-refractivity contribution in [2.45, 2.75) is 59.3 Å². The Hall–Kier alpha value is -9.28. The monoisotopic (exact) mass is 986 g/mol. The highest BCUT2D eigenvalue weighted by atomic mass is 16.5. The Bertz CT molecular complexity index is 4020. The molecule has 0 atom stereocenters. The second kappa shape index (κ2) is 17.7. The predicted molar refractivity (Wildman–Crippen MR) is 296 cm³/mol. The molecule has 0 aromatic heterocycles. The van der Waals surface area contributed by atoms with Gasteiger partial charge in [0, 0.05) is 43.1 Å². The number of hydrogen-bond acceptors (Lipinski definition) is 8. The van der Waals surface area contributed by atoms with E-state index < -0.39 is 23.6 Å². The number of phenolic OH excluding ortho intramolecular Hbond substituents is 1. The van der Waals surface area contributed by atoms with Crippen molar-refractivity contribution in [1.29, 1.82) is 0 Å². The lowest BCUT2D eigenvalue weighted by Gasteiger charge is -2.34. The van der Waals surface area contributed by atoms with Crippen molar-refractivity contribution in [3.05, 3.63) is 203 Å². The zero-order chi connectivity index (χ0) is 52.1. The topological polar surface area (TPSA) is 123 Å². The first-order valence-corrected chi connectivity index (χ1v) is 25.2. The number of anilines is 2. The van der Waals surface area contributed by atoms with Crippen LogP contribution in [-0.2, 0) is 0 Å². The summed E-state index contributed by atoms with van der Waals surface area (Å²) in [6, 6.07) is 45.1. The van der Waals surface area contributed by atoms with Crippen LogP contribution in [0.25, 0.3) is 49.2 Å². The van der Waals surface area contributed by atoms with Crippen LogP contribution in [0.2, 0.25) is 0 Å². The number of imide groups is 2. The summed E-state index contributed by atoms with van der Waals surface area (Å²) in [6.07, 6.45) is 1.64. The molecule has 2 aliphatic heterocycles. The van der Waals surface area contributed by atoms with Crippen LogP contribution >= 0.6 is 0 Å². The third kappa shape index (κ3) is 7.15. The molecule has 0 saturated carbocycles. The molecule has 0 spiro atoms. The van der Waals surface area contributed by atoms with Gasteiger partial charge in [0.25, 0.3) is 23.6 Å². The average Bonchev–Trinajstić information content (AvgIpc) is 3.45. The van der Waals surface area contributed by atoms with E-state index in [1.807, 2.05) is 133 Å². The van der Waals surface area contributed by atoms with Crippen LogP contribution in [0.3, 0.4) is 0 Å². The summed E-state index contributed by atoms with van der Waals surface area (Å²) in [4.78, 5) is 65.2. The minimum Gasteiger partial charge on any atom is -0.507 e. The molecular weight excluding hydrogens is 937 g/mol. The fourth-order valence-electron chi connectivity index (χ4n) is 11.3. The van der Waals surface area contributed by atoms with Gasteiger partial charge in [0.15, 0.2) is 0 Å². The quantitative estimate of drug-likeness (QED) is 0.0729. The highest BCUT2D eigenvalue weighted by molar-refractivity contribution is 6.48. The van der Waals surface area contributed by atoms with Crippen molar-refractivity contribution in [3.63, 3.8) is 0 Å². The van der Waals surface area contributed by atoms with Crippen molar-refractivity contribution >= 4 is 84.2 Å². The van der Waals surface area contributed by atoms with Gasteiger partial charge in [-0.25, -0.2) is 9.80 Å². The Morgan fingerprint density at radius 3 is 1.12 bits per heavy atom. The number of para-hydroxylation sites is 5. The van der Waals surface area contributed by atoms with E-state index in [-0.39, 0.29) is 73.8 Å². The molecule has 4 amide bonds. The molecule has 12 rings (SSSR count). The smallest absolute Gasteiger partial charge is 0.266 e. The summed E-state index contributed by atoms with van der Waals surface area (Å²) >= 11 is 0. The molecule has 2 heterocycles. The van der Waals surface area contributed by atoms with Gasteiger partial charge in [-0.2, -0.15) is 0 Å². The van der Waals surface area contributed by atoms with Crippen molar-refractivity contribution in [2.24, 2.45) is 0 Å². The van der Waals surface area contributed by atoms with Crippen LogP contribution < -0.4 is 24.0 Å². The molecule has 0 unspecified atom stereocenters. The zero-order valence-electron chi connectivity index (χ0n) is 42.1. The minimum atomic E-state index is -0.610. The van der Waals surface area contributed by atoms with Gasteiger partial charge in [-0.1, -0.05) is 145 Å². The van der Waals surface area contributed by atoms with Crippen LogP contribution in [0.15, 0.2) is 158 Å². The molecule has 10 aromatic carbocycles. The summed E-state index contributed by atoms with van der Waals surface area (Å²) in [6.45, 7) is 16.2. The van der Waals surface area contributed by atoms with Crippen LogP contribution in [0.1, 0.15) is 123 Å².